The predicted molar refractivity (Wildman–Crippen MR) is 109 cm³/mol. The largest absolute Gasteiger partial charge is 0.426 e. The fourth-order valence-corrected chi connectivity index (χ4v) is 5.02. The summed E-state index contributed by atoms with van der Waals surface area (Å²) in [6.45, 7) is 8.41. The molecule has 0 atom stereocenters. The highest BCUT2D eigenvalue weighted by Gasteiger charge is 2.33. The van der Waals surface area contributed by atoms with E-state index in [-0.39, 0.29) is 11.9 Å². The van der Waals surface area contributed by atoms with Crippen molar-refractivity contribution in [3.05, 3.63) is 58.7 Å². The summed E-state index contributed by atoms with van der Waals surface area (Å²) >= 11 is 0. The first-order chi connectivity index (χ1) is 13.2. The Morgan fingerprint density at radius 3 is 2.21 bits per heavy atom. The third kappa shape index (κ3) is 4.28. The van der Waals surface area contributed by atoms with E-state index in [2.05, 4.69) is 0 Å². The van der Waals surface area contributed by atoms with Crippen LogP contribution in [0, 0.1) is 33.6 Å². The van der Waals surface area contributed by atoms with Crippen molar-refractivity contribution in [2.45, 2.75) is 45.4 Å². The minimum atomic E-state index is -3.54. The number of aryl methyl sites for hydroxylation is 4. The van der Waals surface area contributed by atoms with Gasteiger partial charge in [-0.1, -0.05) is 23.8 Å². The predicted octanol–water partition coefficient (Wildman–Crippen LogP) is 3.93. The molecule has 0 saturated carbocycles. The number of ether oxygens (including phenoxy) is 1. The molecule has 1 aliphatic rings. The fraction of sp³-hybridized carbons (Fsp3) is 0.409. The number of sulfonamides is 1. The van der Waals surface area contributed by atoms with Crippen molar-refractivity contribution in [2.75, 3.05) is 13.1 Å². The maximum absolute atomic E-state index is 12.9. The molecular formula is C22H27NO4S. The van der Waals surface area contributed by atoms with E-state index in [0.717, 1.165) is 22.3 Å². The summed E-state index contributed by atoms with van der Waals surface area (Å²) in [5.41, 5.74) is 4.05. The molecule has 6 heteroatoms. The van der Waals surface area contributed by atoms with Crippen LogP contribution in [0.5, 0.6) is 5.75 Å². The Balaban J connectivity index is 1.64. The zero-order valence-electron chi connectivity index (χ0n) is 16.9. The fourth-order valence-electron chi connectivity index (χ4n) is 3.46. The molecule has 0 spiro atoms. The minimum Gasteiger partial charge on any atom is -0.426 e. The molecule has 3 rings (SSSR count). The first-order valence-corrected chi connectivity index (χ1v) is 11.0. The van der Waals surface area contributed by atoms with Gasteiger partial charge in [0.05, 0.1) is 10.8 Å². The van der Waals surface area contributed by atoms with Crippen LogP contribution in [0.1, 0.15) is 35.1 Å². The lowest BCUT2D eigenvalue weighted by Gasteiger charge is -2.30. The van der Waals surface area contributed by atoms with Crippen molar-refractivity contribution in [3.8, 4) is 5.75 Å². The maximum atomic E-state index is 12.9. The average molecular weight is 402 g/mol. The van der Waals surface area contributed by atoms with Crippen molar-refractivity contribution in [1.29, 1.82) is 0 Å². The molecule has 0 unspecified atom stereocenters. The van der Waals surface area contributed by atoms with Gasteiger partial charge in [-0.3, -0.25) is 4.79 Å². The summed E-state index contributed by atoms with van der Waals surface area (Å²) in [5.74, 6) is 0.00266. The van der Waals surface area contributed by atoms with Crippen molar-refractivity contribution >= 4 is 16.0 Å². The van der Waals surface area contributed by atoms with Gasteiger partial charge in [-0.25, -0.2) is 8.42 Å². The molecule has 5 nitrogen and oxygen atoms in total. The van der Waals surface area contributed by atoms with Gasteiger partial charge >= 0.3 is 5.97 Å². The van der Waals surface area contributed by atoms with Gasteiger partial charge in [0.25, 0.3) is 0 Å². The van der Waals surface area contributed by atoms with E-state index in [0.29, 0.717) is 36.6 Å². The normalized spacial score (nSPS) is 16.1. The monoisotopic (exact) mass is 401 g/mol. The van der Waals surface area contributed by atoms with Gasteiger partial charge < -0.3 is 4.74 Å². The Morgan fingerprint density at radius 2 is 1.61 bits per heavy atom. The Labute approximate surface area is 167 Å². The second kappa shape index (κ2) is 8.05. The first kappa shape index (κ1) is 20.6. The first-order valence-electron chi connectivity index (χ1n) is 9.55. The summed E-state index contributed by atoms with van der Waals surface area (Å²) in [4.78, 5) is 12.8. The van der Waals surface area contributed by atoms with Crippen molar-refractivity contribution < 1.29 is 17.9 Å². The van der Waals surface area contributed by atoms with E-state index in [9.17, 15) is 13.2 Å². The van der Waals surface area contributed by atoms with Crippen LogP contribution in [-0.4, -0.2) is 31.8 Å². The van der Waals surface area contributed by atoms with Crippen LogP contribution < -0.4 is 4.74 Å². The van der Waals surface area contributed by atoms with Crippen LogP contribution >= 0.6 is 0 Å². The highest BCUT2D eigenvalue weighted by molar-refractivity contribution is 7.89. The molecule has 28 heavy (non-hydrogen) atoms. The molecule has 0 N–H and O–H groups in total. The minimum absolute atomic E-state index is 0.282. The lowest BCUT2D eigenvalue weighted by atomic mass is 9.98. The van der Waals surface area contributed by atoms with Crippen LogP contribution in [-0.2, 0) is 14.8 Å². The SMILES string of the molecule is Cc1ccc(OC(=O)C2CCN(S(=O)(=O)c3ccc(C)c(C)c3)CC2)c(C)c1. The lowest BCUT2D eigenvalue weighted by molar-refractivity contribution is -0.140. The summed E-state index contributed by atoms with van der Waals surface area (Å²) in [7, 11) is -3.54. The summed E-state index contributed by atoms with van der Waals surface area (Å²) in [5, 5.41) is 0. The summed E-state index contributed by atoms with van der Waals surface area (Å²) < 4.78 is 32.8. The van der Waals surface area contributed by atoms with Gasteiger partial charge in [-0.05, 0) is 75.4 Å². The molecule has 2 aromatic carbocycles. The van der Waals surface area contributed by atoms with Gasteiger partial charge in [0, 0.05) is 13.1 Å². The second-order valence-electron chi connectivity index (χ2n) is 7.61. The number of benzene rings is 2. The topological polar surface area (TPSA) is 63.7 Å². The van der Waals surface area contributed by atoms with Gasteiger partial charge in [0.2, 0.25) is 10.0 Å². The smallest absolute Gasteiger partial charge is 0.314 e. The van der Waals surface area contributed by atoms with Crippen molar-refractivity contribution in [1.82, 2.24) is 4.31 Å². The van der Waals surface area contributed by atoms with Crippen molar-refractivity contribution in [2.24, 2.45) is 5.92 Å². The Hall–Kier alpha value is -2.18. The number of carbonyl (C=O) groups is 1. The molecule has 1 fully saturated rings. The van der Waals surface area contributed by atoms with Crippen LogP contribution in [0.2, 0.25) is 0 Å². The van der Waals surface area contributed by atoms with Gasteiger partial charge in [-0.2, -0.15) is 4.31 Å². The Bertz CT molecular complexity index is 990. The zero-order chi connectivity index (χ0) is 20.5. The molecule has 1 aliphatic heterocycles. The molecule has 150 valence electrons. The highest BCUT2D eigenvalue weighted by atomic mass is 32.2. The van der Waals surface area contributed by atoms with Gasteiger partial charge in [0.15, 0.2) is 0 Å². The number of rotatable bonds is 4. The van der Waals surface area contributed by atoms with Gasteiger partial charge in [0.1, 0.15) is 5.75 Å². The molecule has 2 aromatic rings. The number of esters is 1. The standard InChI is InChI=1S/C22H27NO4S/c1-15-5-8-21(18(4)13-15)27-22(24)19-9-11-23(12-10-19)28(25,26)20-7-6-16(2)17(3)14-20/h5-8,13-14,19H,9-12H2,1-4H3. The molecule has 1 saturated heterocycles. The summed E-state index contributed by atoms with van der Waals surface area (Å²) in [6, 6.07) is 10.9. The third-order valence-electron chi connectivity index (χ3n) is 5.44. The molecular weight excluding hydrogens is 374 g/mol. The number of hydrogen-bond donors (Lipinski definition) is 0. The molecule has 0 radical (unpaired) electrons. The van der Waals surface area contributed by atoms with Gasteiger partial charge in [-0.15, -0.1) is 0 Å². The third-order valence-corrected chi connectivity index (χ3v) is 7.34. The van der Waals surface area contributed by atoms with E-state index < -0.39 is 10.0 Å². The van der Waals surface area contributed by atoms with E-state index in [1.807, 2.05) is 52.0 Å². The molecule has 0 aliphatic carbocycles. The number of hydrogen-bond acceptors (Lipinski definition) is 4. The van der Waals surface area contributed by atoms with E-state index >= 15 is 0 Å². The van der Waals surface area contributed by atoms with Crippen LogP contribution in [0.15, 0.2) is 41.3 Å². The van der Waals surface area contributed by atoms with E-state index in [1.165, 1.54) is 4.31 Å². The second-order valence-corrected chi connectivity index (χ2v) is 9.55. The number of nitrogens with zero attached hydrogens (tertiary/aromatic N) is 1. The average Bonchev–Trinajstić information content (AvgIpc) is 2.66. The van der Waals surface area contributed by atoms with Crippen LogP contribution in [0.25, 0.3) is 0 Å². The van der Waals surface area contributed by atoms with E-state index in [4.69, 9.17) is 4.74 Å². The number of piperidine rings is 1. The van der Waals surface area contributed by atoms with Crippen LogP contribution in [0.3, 0.4) is 0 Å². The number of carbonyl (C=O) groups excluding carboxylic acids is 1. The van der Waals surface area contributed by atoms with Crippen molar-refractivity contribution in [3.63, 3.8) is 0 Å². The highest BCUT2D eigenvalue weighted by Crippen LogP contribution is 2.27. The molecule has 0 aromatic heterocycles. The van der Waals surface area contributed by atoms with Crippen LogP contribution in [0.4, 0.5) is 0 Å². The Kier molecular flexibility index (Phi) is 5.91. The molecule has 1 heterocycles. The lowest BCUT2D eigenvalue weighted by Crippen LogP contribution is -2.41. The Morgan fingerprint density at radius 1 is 0.929 bits per heavy atom. The zero-order valence-corrected chi connectivity index (χ0v) is 17.7. The maximum Gasteiger partial charge on any atom is 0.314 e. The quantitative estimate of drug-likeness (QED) is 0.575. The molecule has 0 bridgehead atoms. The summed E-state index contributed by atoms with van der Waals surface area (Å²) in [6.07, 6.45) is 0.932. The molecule has 0 amide bonds. The van der Waals surface area contributed by atoms with E-state index in [1.54, 1.807) is 12.1 Å².